The largest absolute Gasteiger partial charge is 0.496 e. The summed E-state index contributed by atoms with van der Waals surface area (Å²) in [4.78, 5) is 9.73. The standard InChI is InChI=1S/C14H12FNO4/c1-19-14-5-3-2-4-10(14)9-20-11-6-7-13(16(17)18)12(15)8-11/h2-8H,9H2,1H3. The molecule has 0 bridgehead atoms. The molecule has 0 aliphatic rings. The maximum absolute atomic E-state index is 13.4. The van der Waals surface area contributed by atoms with Crippen LogP contribution in [0.15, 0.2) is 42.5 Å². The van der Waals surface area contributed by atoms with Crippen molar-refractivity contribution in [2.75, 3.05) is 7.11 Å². The second kappa shape index (κ2) is 6.01. The van der Waals surface area contributed by atoms with Gasteiger partial charge in [-0.3, -0.25) is 10.1 Å². The molecule has 6 heteroatoms. The molecule has 0 N–H and O–H groups in total. The first kappa shape index (κ1) is 13.8. The summed E-state index contributed by atoms with van der Waals surface area (Å²) in [6.07, 6.45) is 0. The first-order chi connectivity index (χ1) is 9.61. The van der Waals surface area contributed by atoms with Crippen LogP contribution in [-0.4, -0.2) is 12.0 Å². The fourth-order valence-corrected chi connectivity index (χ4v) is 1.71. The molecule has 0 unspecified atom stereocenters. The van der Waals surface area contributed by atoms with Crippen molar-refractivity contribution in [1.82, 2.24) is 0 Å². The van der Waals surface area contributed by atoms with E-state index in [1.54, 1.807) is 13.2 Å². The number of hydrogen-bond acceptors (Lipinski definition) is 4. The average molecular weight is 277 g/mol. The Bertz CT molecular complexity index is 630. The van der Waals surface area contributed by atoms with Gasteiger partial charge in [-0.1, -0.05) is 18.2 Å². The van der Waals surface area contributed by atoms with Crippen LogP contribution >= 0.6 is 0 Å². The molecule has 2 aromatic carbocycles. The predicted octanol–water partition coefficient (Wildman–Crippen LogP) is 3.32. The lowest BCUT2D eigenvalue weighted by molar-refractivity contribution is -0.387. The van der Waals surface area contributed by atoms with Crippen LogP contribution in [-0.2, 0) is 6.61 Å². The summed E-state index contributed by atoms with van der Waals surface area (Å²) in [6, 6.07) is 10.7. The maximum atomic E-state index is 13.4. The molecule has 5 nitrogen and oxygen atoms in total. The minimum atomic E-state index is -0.924. The third-order valence-electron chi connectivity index (χ3n) is 2.70. The summed E-state index contributed by atoms with van der Waals surface area (Å²) in [5.41, 5.74) is 0.225. The van der Waals surface area contributed by atoms with Crippen molar-refractivity contribution >= 4 is 5.69 Å². The summed E-state index contributed by atoms with van der Waals surface area (Å²) >= 11 is 0. The number of hydrogen-bond donors (Lipinski definition) is 0. The van der Waals surface area contributed by atoms with E-state index in [-0.39, 0.29) is 12.4 Å². The van der Waals surface area contributed by atoms with Gasteiger partial charge in [0.15, 0.2) is 0 Å². The van der Waals surface area contributed by atoms with Gasteiger partial charge in [0.1, 0.15) is 18.1 Å². The van der Waals surface area contributed by atoms with Crippen LogP contribution in [0.5, 0.6) is 11.5 Å². The van der Waals surface area contributed by atoms with Crippen LogP contribution in [0.3, 0.4) is 0 Å². The van der Waals surface area contributed by atoms with E-state index in [0.717, 1.165) is 17.7 Å². The lowest BCUT2D eigenvalue weighted by Gasteiger charge is -2.10. The molecule has 0 spiro atoms. The number of nitrogens with zero attached hydrogens (tertiary/aromatic N) is 1. The van der Waals surface area contributed by atoms with Gasteiger partial charge in [0.2, 0.25) is 5.82 Å². The average Bonchev–Trinajstić information content (AvgIpc) is 2.45. The molecule has 0 fully saturated rings. The highest BCUT2D eigenvalue weighted by Gasteiger charge is 2.14. The van der Waals surface area contributed by atoms with Gasteiger partial charge in [0.05, 0.1) is 12.0 Å². The Labute approximate surface area is 114 Å². The third kappa shape index (κ3) is 3.03. The van der Waals surface area contributed by atoms with E-state index < -0.39 is 16.4 Å². The molecule has 0 heterocycles. The number of ether oxygens (including phenoxy) is 2. The van der Waals surface area contributed by atoms with E-state index in [0.29, 0.717) is 5.75 Å². The Morgan fingerprint density at radius 2 is 2.00 bits per heavy atom. The maximum Gasteiger partial charge on any atom is 0.305 e. The van der Waals surface area contributed by atoms with E-state index in [1.807, 2.05) is 18.2 Å². The number of methoxy groups -OCH3 is 1. The van der Waals surface area contributed by atoms with Crippen LogP contribution in [0.1, 0.15) is 5.56 Å². The minimum Gasteiger partial charge on any atom is -0.496 e. The van der Waals surface area contributed by atoms with Gasteiger partial charge in [0.25, 0.3) is 0 Å². The van der Waals surface area contributed by atoms with Crippen molar-refractivity contribution in [3.63, 3.8) is 0 Å². The lowest BCUT2D eigenvalue weighted by Crippen LogP contribution is -1.99. The fraction of sp³-hybridized carbons (Fsp3) is 0.143. The monoisotopic (exact) mass is 277 g/mol. The van der Waals surface area contributed by atoms with E-state index in [9.17, 15) is 14.5 Å². The highest BCUT2D eigenvalue weighted by Crippen LogP contribution is 2.24. The van der Waals surface area contributed by atoms with Crippen molar-refractivity contribution < 1.29 is 18.8 Å². The van der Waals surface area contributed by atoms with Gasteiger partial charge in [-0.15, -0.1) is 0 Å². The normalized spacial score (nSPS) is 10.1. The molecule has 0 saturated carbocycles. The highest BCUT2D eigenvalue weighted by atomic mass is 19.1. The number of benzene rings is 2. The molecule has 0 amide bonds. The van der Waals surface area contributed by atoms with Crippen LogP contribution in [0.25, 0.3) is 0 Å². The van der Waals surface area contributed by atoms with Crippen molar-refractivity contribution in [2.45, 2.75) is 6.61 Å². The van der Waals surface area contributed by atoms with Gasteiger partial charge in [0, 0.05) is 17.7 Å². The zero-order valence-corrected chi connectivity index (χ0v) is 10.7. The molecule has 2 aromatic rings. The van der Waals surface area contributed by atoms with Crippen LogP contribution in [0.4, 0.5) is 10.1 Å². The molecular formula is C14H12FNO4. The highest BCUT2D eigenvalue weighted by molar-refractivity contribution is 5.38. The second-order valence-electron chi connectivity index (χ2n) is 3.97. The van der Waals surface area contributed by atoms with Crippen LogP contribution < -0.4 is 9.47 Å². The van der Waals surface area contributed by atoms with Gasteiger partial charge in [-0.25, -0.2) is 0 Å². The van der Waals surface area contributed by atoms with Gasteiger partial charge >= 0.3 is 5.69 Å². The van der Waals surface area contributed by atoms with Crippen molar-refractivity contribution in [2.24, 2.45) is 0 Å². The Kier molecular flexibility index (Phi) is 4.14. The molecule has 104 valence electrons. The first-order valence-electron chi connectivity index (χ1n) is 5.80. The molecule has 20 heavy (non-hydrogen) atoms. The van der Waals surface area contributed by atoms with E-state index in [4.69, 9.17) is 9.47 Å². The van der Waals surface area contributed by atoms with Crippen molar-refractivity contribution in [3.8, 4) is 11.5 Å². The molecule has 0 aromatic heterocycles. The minimum absolute atomic E-state index is 0.182. The van der Waals surface area contributed by atoms with Crippen LogP contribution in [0, 0.1) is 15.9 Å². The number of nitro benzene ring substituents is 1. The summed E-state index contributed by atoms with van der Waals surface area (Å²) in [6.45, 7) is 0.182. The molecule has 2 rings (SSSR count). The van der Waals surface area contributed by atoms with Gasteiger partial charge < -0.3 is 9.47 Å². The summed E-state index contributed by atoms with van der Waals surface area (Å²) in [7, 11) is 1.55. The molecule has 0 aliphatic carbocycles. The van der Waals surface area contributed by atoms with Gasteiger partial charge in [-0.05, 0) is 12.1 Å². The lowest BCUT2D eigenvalue weighted by atomic mass is 10.2. The van der Waals surface area contributed by atoms with E-state index in [1.165, 1.54) is 6.07 Å². The van der Waals surface area contributed by atoms with Crippen molar-refractivity contribution in [3.05, 3.63) is 64.0 Å². The molecule has 0 saturated heterocycles. The second-order valence-corrected chi connectivity index (χ2v) is 3.97. The Morgan fingerprint density at radius 1 is 1.25 bits per heavy atom. The summed E-state index contributed by atoms with van der Waals surface area (Å²) in [5, 5.41) is 10.5. The molecule has 0 aliphatic heterocycles. The van der Waals surface area contributed by atoms with E-state index >= 15 is 0 Å². The number of halogens is 1. The van der Waals surface area contributed by atoms with Crippen molar-refractivity contribution in [1.29, 1.82) is 0 Å². The Hall–Kier alpha value is -2.63. The summed E-state index contributed by atoms with van der Waals surface area (Å²) < 4.78 is 24.0. The fourth-order valence-electron chi connectivity index (χ4n) is 1.71. The Morgan fingerprint density at radius 3 is 2.65 bits per heavy atom. The zero-order chi connectivity index (χ0) is 14.5. The number of rotatable bonds is 5. The SMILES string of the molecule is COc1ccccc1COc1ccc([N+](=O)[O-])c(F)c1. The summed E-state index contributed by atoms with van der Waals surface area (Å²) in [5.74, 6) is -0.0404. The number of para-hydroxylation sites is 1. The van der Waals surface area contributed by atoms with E-state index in [2.05, 4.69) is 0 Å². The molecule has 0 radical (unpaired) electrons. The zero-order valence-electron chi connectivity index (χ0n) is 10.7. The third-order valence-corrected chi connectivity index (χ3v) is 2.70. The topological polar surface area (TPSA) is 61.6 Å². The van der Waals surface area contributed by atoms with Gasteiger partial charge in [-0.2, -0.15) is 4.39 Å². The van der Waals surface area contributed by atoms with Crippen LogP contribution in [0.2, 0.25) is 0 Å². The first-order valence-corrected chi connectivity index (χ1v) is 5.80. The number of nitro groups is 1. The predicted molar refractivity (Wildman–Crippen MR) is 70.4 cm³/mol. The smallest absolute Gasteiger partial charge is 0.305 e. The Balaban J connectivity index is 2.11. The quantitative estimate of drug-likeness (QED) is 0.621. The molecule has 0 atom stereocenters. The molecular weight excluding hydrogens is 265 g/mol.